The molecule has 88 valence electrons. The van der Waals surface area contributed by atoms with Gasteiger partial charge in [0.05, 0.1) is 4.92 Å². The number of nitro groups is 1. The standard InChI is InChI=1S/C10H14N2O4/c11-9(2-1-5-13)8-6-7(12(15)16)3-4-10(8)14/h3-4,6,9,13-14H,1-2,5,11H2/t9-/m1/s1. The van der Waals surface area contributed by atoms with Crippen molar-refractivity contribution in [3.05, 3.63) is 33.9 Å². The van der Waals surface area contributed by atoms with E-state index in [1.807, 2.05) is 0 Å². The van der Waals surface area contributed by atoms with Gasteiger partial charge in [-0.05, 0) is 18.9 Å². The fourth-order valence-electron chi connectivity index (χ4n) is 1.42. The Morgan fingerprint density at radius 2 is 2.19 bits per heavy atom. The van der Waals surface area contributed by atoms with Gasteiger partial charge >= 0.3 is 0 Å². The van der Waals surface area contributed by atoms with Crippen LogP contribution in [0.25, 0.3) is 0 Å². The zero-order valence-electron chi connectivity index (χ0n) is 8.67. The predicted octanol–water partition coefficient (Wildman–Crippen LogP) is 1.07. The summed E-state index contributed by atoms with van der Waals surface area (Å²) in [6.45, 7) is 0.00336. The van der Waals surface area contributed by atoms with Crippen LogP contribution in [-0.2, 0) is 0 Å². The lowest BCUT2D eigenvalue weighted by Gasteiger charge is -2.12. The lowest BCUT2D eigenvalue weighted by Crippen LogP contribution is -2.11. The summed E-state index contributed by atoms with van der Waals surface area (Å²) >= 11 is 0. The van der Waals surface area contributed by atoms with Gasteiger partial charge in [0.1, 0.15) is 5.75 Å². The number of phenols is 1. The highest BCUT2D eigenvalue weighted by Gasteiger charge is 2.15. The van der Waals surface area contributed by atoms with Gasteiger partial charge in [-0.2, -0.15) is 0 Å². The quantitative estimate of drug-likeness (QED) is 0.514. The summed E-state index contributed by atoms with van der Waals surface area (Å²) < 4.78 is 0. The number of rotatable bonds is 5. The number of aromatic hydroxyl groups is 1. The molecular formula is C10H14N2O4. The molecule has 0 aliphatic carbocycles. The Labute approximate surface area is 92.5 Å². The molecule has 0 unspecified atom stereocenters. The maximum absolute atomic E-state index is 10.5. The van der Waals surface area contributed by atoms with Crippen LogP contribution in [0.1, 0.15) is 24.4 Å². The molecule has 6 nitrogen and oxygen atoms in total. The van der Waals surface area contributed by atoms with E-state index in [1.165, 1.54) is 18.2 Å². The highest BCUT2D eigenvalue weighted by atomic mass is 16.6. The van der Waals surface area contributed by atoms with Crippen molar-refractivity contribution in [2.24, 2.45) is 5.73 Å². The third-order valence-electron chi connectivity index (χ3n) is 2.29. The first-order valence-electron chi connectivity index (χ1n) is 4.90. The van der Waals surface area contributed by atoms with Gasteiger partial charge in [-0.25, -0.2) is 0 Å². The number of phenolic OH excluding ortho intramolecular Hbond substituents is 1. The molecule has 0 radical (unpaired) electrons. The van der Waals surface area contributed by atoms with Crippen molar-refractivity contribution in [1.82, 2.24) is 0 Å². The molecule has 1 atom stereocenters. The zero-order valence-corrected chi connectivity index (χ0v) is 8.67. The summed E-state index contributed by atoms with van der Waals surface area (Å²) in [5.74, 6) is -0.0592. The van der Waals surface area contributed by atoms with Crippen LogP contribution in [0.5, 0.6) is 5.75 Å². The third-order valence-corrected chi connectivity index (χ3v) is 2.29. The first-order chi connectivity index (χ1) is 7.56. The Balaban J connectivity index is 2.92. The average molecular weight is 226 g/mol. The van der Waals surface area contributed by atoms with Gasteiger partial charge in [-0.15, -0.1) is 0 Å². The Morgan fingerprint density at radius 3 is 2.75 bits per heavy atom. The molecule has 0 spiro atoms. The molecule has 16 heavy (non-hydrogen) atoms. The minimum atomic E-state index is -0.540. The second kappa shape index (κ2) is 5.43. The van der Waals surface area contributed by atoms with Crippen molar-refractivity contribution in [2.45, 2.75) is 18.9 Å². The topological polar surface area (TPSA) is 110 Å². The summed E-state index contributed by atoms with van der Waals surface area (Å²) in [5.41, 5.74) is 5.99. The number of non-ortho nitro benzene ring substituents is 1. The Morgan fingerprint density at radius 1 is 1.50 bits per heavy atom. The predicted molar refractivity (Wildman–Crippen MR) is 58.0 cm³/mol. The van der Waals surface area contributed by atoms with E-state index in [0.29, 0.717) is 18.4 Å². The Hall–Kier alpha value is -1.66. The van der Waals surface area contributed by atoms with Crippen LogP contribution in [0.2, 0.25) is 0 Å². The highest BCUT2D eigenvalue weighted by molar-refractivity contribution is 5.44. The average Bonchev–Trinajstić information content (AvgIpc) is 2.26. The maximum Gasteiger partial charge on any atom is 0.270 e. The molecule has 0 amide bonds. The van der Waals surface area contributed by atoms with Crippen molar-refractivity contribution >= 4 is 5.69 Å². The van der Waals surface area contributed by atoms with Gasteiger partial charge in [0.15, 0.2) is 0 Å². The molecule has 1 aromatic carbocycles. The van der Waals surface area contributed by atoms with Crippen molar-refractivity contribution in [3.8, 4) is 5.75 Å². The van der Waals surface area contributed by atoms with Crippen LogP contribution in [0, 0.1) is 10.1 Å². The van der Waals surface area contributed by atoms with Crippen LogP contribution in [0.15, 0.2) is 18.2 Å². The molecule has 0 fully saturated rings. The van der Waals surface area contributed by atoms with E-state index in [-0.39, 0.29) is 18.0 Å². The molecule has 0 aliphatic rings. The number of aliphatic hydroxyl groups excluding tert-OH is 1. The van der Waals surface area contributed by atoms with E-state index in [1.54, 1.807) is 0 Å². The lowest BCUT2D eigenvalue weighted by atomic mass is 10.0. The number of nitrogens with zero attached hydrogens (tertiary/aromatic N) is 1. The Bertz CT molecular complexity index is 381. The monoisotopic (exact) mass is 226 g/mol. The number of nitro benzene ring substituents is 1. The zero-order chi connectivity index (χ0) is 12.1. The minimum Gasteiger partial charge on any atom is -0.508 e. The third kappa shape index (κ3) is 2.91. The van der Waals surface area contributed by atoms with Gasteiger partial charge < -0.3 is 15.9 Å². The van der Waals surface area contributed by atoms with E-state index < -0.39 is 11.0 Å². The number of nitrogens with two attached hydrogens (primary N) is 1. The second-order valence-electron chi connectivity index (χ2n) is 3.47. The molecular weight excluding hydrogens is 212 g/mol. The molecule has 1 aromatic rings. The number of hydrogen-bond acceptors (Lipinski definition) is 5. The van der Waals surface area contributed by atoms with E-state index in [9.17, 15) is 15.2 Å². The van der Waals surface area contributed by atoms with Crippen molar-refractivity contribution in [2.75, 3.05) is 6.61 Å². The van der Waals surface area contributed by atoms with Crippen molar-refractivity contribution in [3.63, 3.8) is 0 Å². The first-order valence-corrected chi connectivity index (χ1v) is 4.90. The van der Waals surface area contributed by atoms with E-state index in [0.717, 1.165) is 0 Å². The molecule has 4 N–H and O–H groups in total. The second-order valence-corrected chi connectivity index (χ2v) is 3.47. The van der Waals surface area contributed by atoms with Gasteiger partial charge in [-0.3, -0.25) is 10.1 Å². The van der Waals surface area contributed by atoms with Crippen LogP contribution in [0.3, 0.4) is 0 Å². The van der Waals surface area contributed by atoms with E-state index >= 15 is 0 Å². The fraction of sp³-hybridized carbons (Fsp3) is 0.400. The fourth-order valence-corrected chi connectivity index (χ4v) is 1.42. The number of benzene rings is 1. The molecule has 0 saturated heterocycles. The largest absolute Gasteiger partial charge is 0.508 e. The minimum absolute atomic E-state index is 0.00336. The van der Waals surface area contributed by atoms with Crippen LogP contribution in [-0.4, -0.2) is 21.7 Å². The smallest absolute Gasteiger partial charge is 0.270 e. The SMILES string of the molecule is N[C@H](CCCO)c1cc([N+](=O)[O-])ccc1O. The van der Waals surface area contributed by atoms with Crippen molar-refractivity contribution < 1.29 is 15.1 Å². The van der Waals surface area contributed by atoms with Gasteiger partial charge in [0, 0.05) is 30.3 Å². The van der Waals surface area contributed by atoms with Crippen LogP contribution in [0.4, 0.5) is 5.69 Å². The molecule has 0 saturated carbocycles. The van der Waals surface area contributed by atoms with Crippen LogP contribution >= 0.6 is 0 Å². The summed E-state index contributed by atoms with van der Waals surface area (Å²) in [6.07, 6.45) is 0.953. The van der Waals surface area contributed by atoms with Gasteiger partial charge in [0.25, 0.3) is 5.69 Å². The number of hydrogen-bond donors (Lipinski definition) is 3. The van der Waals surface area contributed by atoms with E-state index in [4.69, 9.17) is 10.8 Å². The molecule has 0 bridgehead atoms. The lowest BCUT2D eigenvalue weighted by molar-refractivity contribution is -0.385. The summed E-state index contributed by atoms with van der Waals surface area (Å²) in [7, 11) is 0. The highest BCUT2D eigenvalue weighted by Crippen LogP contribution is 2.29. The van der Waals surface area contributed by atoms with E-state index in [2.05, 4.69) is 0 Å². The molecule has 0 aliphatic heterocycles. The maximum atomic E-state index is 10.5. The summed E-state index contributed by atoms with van der Waals surface area (Å²) in [5, 5.41) is 28.7. The van der Waals surface area contributed by atoms with Crippen molar-refractivity contribution in [1.29, 1.82) is 0 Å². The first kappa shape index (κ1) is 12.4. The van der Waals surface area contributed by atoms with Crippen LogP contribution < -0.4 is 5.73 Å². The molecule has 6 heteroatoms. The summed E-state index contributed by atoms with van der Waals surface area (Å²) in [6, 6.07) is 3.23. The van der Waals surface area contributed by atoms with Gasteiger partial charge in [0.2, 0.25) is 0 Å². The molecule has 0 heterocycles. The molecule has 0 aromatic heterocycles. The van der Waals surface area contributed by atoms with Gasteiger partial charge in [-0.1, -0.05) is 0 Å². The number of aliphatic hydroxyl groups is 1. The normalized spacial score (nSPS) is 12.4. The molecule has 1 rings (SSSR count). The summed E-state index contributed by atoms with van der Waals surface area (Å²) in [4.78, 5) is 10.0. The Kier molecular flexibility index (Phi) is 4.21.